The first-order chi connectivity index (χ1) is 9.53. The lowest BCUT2D eigenvalue weighted by atomic mass is 10.1. The van der Waals surface area contributed by atoms with E-state index in [2.05, 4.69) is 26.0 Å². The highest BCUT2D eigenvalue weighted by molar-refractivity contribution is 9.11. The SMILES string of the molecule is CNCc1cc(S(=O)(=O)NCCC2CCCC2)c(Br)s1. The zero-order chi connectivity index (χ0) is 14.6. The Balaban J connectivity index is 1.94. The first-order valence-corrected chi connectivity index (χ1v) is 10.0. The van der Waals surface area contributed by atoms with Crippen LogP contribution in [-0.4, -0.2) is 22.0 Å². The van der Waals surface area contributed by atoms with Crippen LogP contribution in [0.1, 0.15) is 37.0 Å². The third-order valence-electron chi connectivity index (χ3n) is 3.67. The highest BCUT2D eigenvalue weighted by atomic mass is 79.9. The maximum Gasteiger partial charge on any atom is 0.242 e. The second kappa shape index (κ2) is 7.35. The lowest BCUT2D eigenvalue weighted by molar-refractivity contribution is 0.495. The number of rotatable bonds is 7. The van der Waals surface area contributed by atoms with Crippen molar-refractivity contribution in [2.45, 2.75) is 43.5 Å². The van der Waals surface area contributed by atoms with Crippen molar-refractivity contribution in [1.82, 2.24) is 10.0 Å². The molecule has 0 aromatic carbocycles. The summed E-state index contributed by atoms with van der Waals surface area (Å²) in [5, 5.41) is 3.03. The van der Waals surface area contributed by atoms with Crippen LogP contribution in [0.25, 0.3) is 0 Å². The molecule has 0 radical (unpaired) electrons. The fourth-order valence-electron chi connectivity index (χ4n) is 2.62. The summed E-state index contributed by atoms with van der Waals surface area (Å²) in [6, 6.07) is 1.74. The quantitative estimate of drug-likeness (QED) is 0.763. The van der Waals surface area contributed by atoms with Crippen molar-refractivity contribution in [2.75, 3.05) is 13.6 Å². The normalized spacial score (nSPS) is 16.9. The van der Waals surface area contributed by atoms with E-state index in [-0.39, 0.29) is 0 Å². The summed E-state index contributed by atoms with van der Waals surface area (Å²) in [5.41, 5.74) is 0. The van der Waals surface area contributed by atoms with E-state index >= 15 is 0 Å². The molecule has 1 heterocycles. The average molecular weight is 381 g/mol. The minimum Gasteiger partial charge on any atom is -0.315 e. The van der Waals surface area contributed by atoms with Gasteiger partial charge in [-0.1, -0.05) is 25.7 Å². The monoisotopic (exact) mass is 380 g/mol. The topological polar surface area (TPSA) is 58.2 Å². The molecule has 20 heavy (non-hydrogen) atoms. The molecule has 1 aliphatic rings. The molecule has 1 fully saturated rings. The molecule has 7 heteroatoms. The van der Waals surface area contributed by atoms with E-state index in [0.717, 1.165) is 11.3 Å². The van der Waals surface area contributed by atoms with Crippen LogP contribution in [0.2, 0.25) is 0 Å². The summed E-state index contributed by atoms with van der Waals surface area (Å²) in [6.07, 6.45) is 6.03. The molecule has 2 N–H and O–H groups in total. The van der Waals surface area contributed by atoms with Gasteiger partial charge in [0.1, 0.15) is 4.90 Å². The van der Waals surface area contributed by atoms with Gasteiger partial charge in [-0.2, -0.15) is 0 Å². The minimum atomic E-state index is -3.39. The van der Waals surface area contributed by atoms with Crippen LogP contribution in [0, 0.1) is 5.92 Å². The molecule has 0 saturated heterocycles. The molecule has 4 nitrogen and oxygen atoms in total. The first kappa shape index (κ1) is 16.4. The molecule has 0 amide bonds. The van der Waals surface area contributed by atoms with Crippen LogP contribution in [0.3, 0.4) is 0 Å². The number of halogens is 1. The first-order valence-electron chi connectivity index (χ1n) is 6.95. The van der Waals surface area contributed by atoms with Crippen molar-refractivity contribution in [3.8, 4) is 0 Å². The molecule has 1 aliphatic carbocycles. The van der Waals surface area contributed by atoms with Gasteiger partial charge in [-0.25, -0.2) is 13.1 Å². The minimum absolute atomic E-state index is 0.360. The molecular formula is C13H21BrN2O2S2. The second-order valence-corrected chi connectivity index (χ2v) is 9.41. The Kier molecular flexibility index (Phi) is 6.04. The summed E-state index contributed by atoms with van der Waals surface area (Å²) in [6.45, 7) is 1.22. The third kappa shape index (κ3) is 4.27. The summed E-state index contributed by atoms with van der Waals surface area (Å²) in [4.78, 5) is 1.37. The van der Waals surface area contributed by atoms with Crippen molar-refractivity contribution >= 4 is 37.3 Å². The molecule has 1 aromatic rings. The molecule has 0 spiro atoms. The van der Waals surface area contributed by atoms with Crippen molar-refractivity contribution in [3.05, 3.63) is 14.7 Å². The second-order valence-electron chi connectivity index (χ2n) is 5.22. The fourth-order valence-corrected chi connectivity index (χ4v) is 6.36. The Bertz CT molecular complexity index is 537. The Hall–Kier alpha value is 0.0500. The van der Waals surface area contributed by atoms with Crippen molar-refractivity contribution in [2.24, 2.45) is 5.92 Å². The van der Waals surface area contributed by atoms with E-state index in [9.17, 15) is 8.42 Å². The lowest BCUT2D eigenvalue weighted by Gasteiger charge is -2.10. The Morgan fingerprint density at radius 1 is 1.40 bits per heavy atom. The predicted molar refractivity (Wildman–Crippen MR) is 86.5 cm³/mol. The van der Waals surface area contributed by atoms with Gasteiger partial charge in [0.15, 0.2) is 0 Å². The van der Waals surface area contributed by atoms with Gasteiger partial charge < -0.3 is 5.32 Å². The molecule has 1 aromatic heterocycles. The zero-order valence-corrected chi connectivity index (χ0v) is 14.8. The van der Waals surface area contributed by atoms with Crippen molar-refractivity contribution in [3.63, 3.8) is 0 Å². The number of nitrogens with one attached hydrogen (secondary N) is 2. The van der Waals surface area contributed by atoms with E-state index < -0.39 is 10.0 Å². The molecule has 2 rings (SSSR count). The fraction of sp³-hybridized carbons (Fsp3) is 0.692. The molecule has 114 valence electrons. The summed E-state index contributed by atoms with van der Waals surface area (Å²) in [5.74, 6) is 0.698. The van der Waals surface area contributed by atoms with E-state index in [1.54, 1.807) is 6.07 Å². The van der Waals surface area contributed by atoms with Gasteiger partial charge in [0.25, 0.3) is 0 Å². The third-order valence-corrected chi connectivity index (χ3v) is 7.38. The van der Waals surface area contributed by atoms with E-state index in [1.807, 2.05) is 7.05 Å². The van der Waals surface area contributed by atoms with Crippen LogP contribution in [0.5, 0.6) is 0 Å². The summed E-state index contributed by atoms with van der Waals surface area (Å²) >= 11 is 4.81. The van der Waals surface area contributed by atoms with Crippen LogP contribution >= 0.6 is 27.3 Å². The zero-order valence-electron chi connectivity index (χ0n) is 11.6. The molecule has 0 atom stereocenters. The Labute approximate surface area is 133 Å². The van der Waals surface area contributed by atoms with Crippen molar-refractivity contribution < 1.29 is 8.42 Å². The van der Waals surface area contributed by atoms with Crippen LogP contribution in [-0.2, 0) is 16.6 Å². The maximum absolute atomic E-state index is 12.3. The largest absolute Gasteiger partial charge is 0.315 e. The Morgan fingerprint density at radius 2 is 2.10 bits per heavy atom. The van der Waals surface area contributed by atoms with E-state index in [0.29, 0.717) is 27.7 Å². The van der Waals surface area contributed by atoms with E-state index in [1.165, 1.54) is 37.0 Å². The van der Waals surface area contributed by atoms with Gasteiger partial charge in [-0.05, 0) is 41.4 Å². The molecular weight excluding hydrogens is 360 g/mol. The molecule has 0 bridgehead atoms. The van der Waals surface area contributed by atoms with Gasteiger partial charge in [-0.3, -0.25) is 0 Å². The maximum atomic E-state index is 12.3. The lowest BCUT2D eigenvalue weighted by Crippen LogP contribution is -2.25. The predicted octanol–water partition coefficient (Wildman–Crippen LogP) is 3.09. The Morgan fingerprint density at radius 3 is 2.75 bits per heavy atom. The molecule has 1 saturated carbocycles. The molecule has 0 aliphatic heterocycles. The van der Waals surface area contributed by atoms with Crippen LogP contribution in [0.4, 0.5) is 0 Å². The highest BCUT2D eigenvalue weighted by Gasteiger charge is 2.21. The van der Waals surface area contributed by atoms with Gasteiger partial charge >= 0.3 is 0 Å². The summed E-state index contributed by atoms with van der Waals surface area (Å²) in [7, 11) is -1.55. The van der Waals surface area contributed by atoms with Crippen molar-refractivity contribution in [1.29, 1.82) is 0 Å². The van der Waals surface area contributed by atoms with Gasteiger partial charge in [0, 0.05) is 18.0 Å². The highest BCUT2D eigenvalue weighted by Crippen LogP contribution is 2.32. The van der Waals surface area contributed by atoms with Gasteiger partial charge in [0.05, 0.1) is 3.79 Å². The smallest absolute Gasteiger partial charge is 0.242 e. The van der Waals surface area contributed by atoms with Gasteiger partial charge in [-0.15, -0.1) is 11.3 Å². The summed E-state index contributed by atoms with van der Waals surface area (Å²) < 4.78 is 28.0. The molecule has 0 unspecified atom stereocenters. The number of sulfonamides is 1. The van der Waals surface area contributed by atoms with E-state index in [4.69, 9.17) is 0 Å². The van der Waals surface area contributed by atoms with Crippen LogP contribution < -0.4 is 10.0 Å². The van der Waals surface area contributed by atoms with Crippen LogP contribution in [0.15, 0.2) is 14.7 Å². The number of thiophene rings is 1. The average Bonchev–Trinajstić information content (AvgIpc) is 2.99. The number of hydrogen-bond acceptors (Lipinski definition) is 4. The van der Waals surface area contributed by atoms with Gasteiger partial charge in [0.2, 0.25) is 10.0 Å². The standard InChI is InChI=1S/C13H21BrN2O2S2/c1-15-9-11-8-12(13(14)19-11)20(17,18)16-7-6-10-4-2-3-5-10/h8,10,15-16H,2-7,9H2,1H3. The number of hydrogen-bond donors (Lipinski definition) is 2.